The van der Waals surface area contributed by atoms with Crippen molar-refractivity contribution in [2.75, 3.05) is 6.61 Å². The first-order valence-corrected chi connectivity index (χ1v) is 17.0. The maximum atomic E-state index is 14.0. The standard InChI is InChI=1S/C33H55FN2O8/c1-3-5-7-9-11-13-15-17-19-21-27(37)42-24-26-30(44-28(38)22-20-18-16-14-12-10-8-6-4-2)29(39)32(43-26)36-23-25(34)31(40)35-33(36)41/h23,26,29-30,32,39H,3-22,24H2,1-2H3,(H,35,40,41)/t26-,29?,30?,32-/m0/s1. The third-order valence-corrected chi connectivity index (χ3v) is 8.15. The van der Waals surface area contributed by atoms with E-state index in [-0.39, 0.29) is 19.4 Å². The number of rotatable bonds is 24. The van der Waals surface area contributed by atoms with Gasteiger partial charge in [0.25, 0.3) is 5.56 Å². The van der Waals surface area contributed by atoms with Crippen LogP contribution in [0.15, 0.2) is 15.8 Å². The second kappa shape index (κ2) is 22.1. The number of H-pyrrole nitrogens is 1. The van der Waals surface area contributed by atoms with Gasteiger partial charge in [0, 0.05) is 12.8 Å². The normalized spacial score (nSPS) is 19.7. The van der Waals surface area contributed by atoms with Gasteiger partial charge in [0.15, 0.2) is 12.3 Å². The lowest BCUT2D eigenvalue weighted by Gasteiger charge is -2.21. The fourth-order valence-electron chi connectivity index (χ4n) is 5.50. The zero-order valence-corrected chi connectivity index (χ0v) is 26.9. The van der Waals surface area contributed by atoms with Gasteiger partial charge in [0.2, 0.25) is 5.82 Å². The molecule has 0 bridgehead atoms. The number of carbonyl (C=O) groups excluding carboxylic acids is 2. The summed E-state index contributed by atoms with van der Waals surface area (Å²) < 4.78 is 31.4. The van der Waals surface area contributed by atoms with E-state index in [0.717, 1.165) is 38.5 Å². The Morgan fingerprint density at radius 3 is 1.82 bits per heavy atom. The number of ether oxygens (including phenoxy) is 3. The van der Waals surface area contributed by atoms with Crippen molar-refractivity contribution in [2.24, 2.45) is 0 Å². The minimum atomic E-state index is -1.56. The fraction of sp³-hybridized carbons (Fsp3) is 0.818. The number of carbonyl (C=O) groups is 2. The van der Waals surface area contributed by atoms with E-state index in [4.69, 9.17) is 14.2 Å². The Morgan fingerprint density at radius 1 is 0.818 bits per heavy atom. The molecule has 0 aromatic carbocycles. The van der Waals surface area contributed by atoms with E-state index < -0.39 is 53.5 Å². The first-order valence-electron chi connectivity index (χ1n) is 17.0. The van der Waals surface area contributed by atoms with E-state index in [2.05, 4.69) is 13.8 Å². The molecule has 11 heteroatoms. The third-order valence-electron chi connectivity index (χ3n) is 8.15. The van der Waals surface area contributed by atoms with Gasteiger partial charge < -0.3 is 19.3 Å². The monoisotopic (exact) mass is 626 g/mol. The number of hydrogen-bond donors (Lipinski definition) is 2. The number of aliphatic hydroxyl groups excluding tert-OH is 1. The molecule has 1 aromatic heterocycles. The molecule has 2 rings (SSSR count). The molecule has 2 N–H and O–H groups in total. The number of aliphatic hydroxyl groups is 1. The van der Waals surface area contributed by atoms with Gasteiger partial charge in [-0.05, 0) is 12.8 Å². The summed E-state index contributed by atoms with van der Waals surface area (Å²) in [6.45, 7) is 4.06. The number of esters is 2. The number of unbranched alkanes of at least 4 members (excludes halogenated alkanes) is 16. The Kier molecular flexibility index (Phi) is 18.9. The molecule has 10 nitrogen and oxygen atoms in total. The average Bonchev–Trinajstić information content (AvgIpc) is 3.30. The number of halogens is 1. The largest absolute Gasteiger partial charge is 0.463 e. The van der Waals surface area contributed by atoms with Gasteiger partial charge >= 0.3 is 17.6 Å². The molecule has 1 saturated heterocycles. The summed E-state index contributed by atoms with van der Waals surface area (Å²) in [6.07, 6.45) is 15.4. The van der Waals surface area contributed by atoms with Crippen LogP contribution >= 0.6 is 0 Å². The maximum Gasteiger partial charge on any atom is 0.330 e. The quantitative estimate of drug-likeness (QED) is 0.102. The Morgan fingerprint density at radius 2 is 1.30 bits per heavy atom. The summed E-state index contributed by atoms with van der Waals surface area (Å²) in [5.41, 5.74) is -2.20. The highest BCUT2D eigenvalue weighted by Gasteiger charge is 2.48. The molecule has 1 fully saturated rings. The lowest BCUT2D eigenvalue weighted by atomic mass is 10.1. The molecule has 2 heterocycles. The van der Waals surface area contributed by atoms with Crippen LogP contribution in [0.5, 0.6) is 0 Å². The molecular formula is C33H55FN2O8. The first-order chi connectivity index (χ1) is 21.3. The number of aromatic amines is 1. The van der Waals surface area contributed by atoms with Crippen molar-refractivity contribution in [3.05, 3.63) is 32.9 Å². The van der Waals surface area contributed by atoms with Crippen molar-refractivity contribution in [1.29, 1.82) is 0 Å². The van der Waals surface area contributed by atoms with E-state index in [1.807, 2.05) is 4.98 Å². The van der Waals surface area contributed by atoms with E-state index in [0.29, 0.717) is 23.6 Å². The van der Waals surface area contributed by atoms with Crippen molar-refractivity contribution in [3.8, 4) is 0 Å². The molecule has 1 aromatic rings. The zero-order chi connectivity index (χ0) is 32.2. The van der Waals surface area contributed by atoms with Crippen molar-refractivity contribution >= 4 is 11.9 Å². The Balaban J connectivity index is 1.86. The van der Waals surface area contributed by atoms with Crippen LogP contribution in [0.4, 0.5) is 4.39 Å². The van der Waals surface area contributed by atoms with Gasteiger partial charge in [-0.1, -0.05) is 117 Å². The molecule has 1 aliphatic rings. The van der Waals surface area contributed by atoms with Crippen LogP contribution in [0.3, 0.4) is 0 Å². The molecule has 1 aliphatic heterocycles. The molecule has 0 amide bonds. The summed E-state index contributed by atoms with van der Waals surface area (Å²) in [6, 6.07) is 0. The molecule has 0 spiro atoms. The smallest absolute Gasteiger partial charge is 0.330 e. The molecule has 0 radical (unpaired) electrons. The number of nitrogens with one attached hydrogen (secondary N) is 1. The second-order valence-corrected chi connectivity index (χ2v) is 12.0. The molecule has 252 valence electrons. The Labute approximate surface area is 261 Å². The van der Waals surface area contributed by atoms with Gasteiger partial charge in [-0.3, -0.25) is 23.9 Å². The highest BCUT2D eigenvalue weighted by molar-refractivity contribution is 5.70. The number of nitrogens with zero attached hydrogens (tertiary/aromatic N) is 1. The summed E-state index contributed by atoms with van der Waals surface area (Å²) in [5.74, 6) is -2.23. The topological polar surface area (TPSA) is 137 Å². The summed E-state index contributed by atoms with van der Waals surface area (Å²) >= 11 is 0. The number of hydrogen-bond acceptors (Lipinski definition) is 8. The van der Waals surface area contributed by atoms with E-state index in [1.165, 1.54) is 64.2 Å². The molecule has 4 atom stereocenters. The van der Waals surface area contributed by atoms with Crippen LogP contribution in [0.1, 0.15) is 148 Å². The lowest BCUT2D eigenvalue weighted by molar-refractivity contribution is -0.160. The van der Waals surface area contributed by atoms with E-state index >= 15 is 0 Å². The minimum absolute atomic E-state index is 0.141. The zero-order valence-electron chi connectivity index (χ0n) is 26.9. The summed E-state index contributed by atoms with van der Waals surface area (Å²) in [5, 5.41) is 11.0. The van der Waals surface area contributed by atoms with Gasteiger partial charge in [-0.25, -0.2) is 4.79 Å². The van der Waals surface area contributed by atoms with E-state index in [9.17, 15) is 28.7 Å². The highest BCUT2D eigenvalue weighted by atomic mass is 19.1. The molecule has 2 unspecified atom stereocenters. The van der Waals surface area contributed by atoms with Gasteiger partial charge in [-0.15, -0.1) is 0 Å². The predicted molar refractivity (Wildman–Crippen MR) is 166 cm³/mol. The van der Waals surface area contributed by atoms with Gasteiger partial charge in [-0.2, -0.15) is 4.39 Å². The second-order valence-electron chi connectivity index (χ2n) is 12.0. The summed E-state index contributed by atoms with van der Waals surface area (Å²) in [7, 11) is 0. The Hall–Kier alpha value is -2.53. The van der Waals surface area contributed by atoms with Gasteiger partial charge in [0.1, 0.15) is 18.8 Å². The van der Waals surface area contributed by atoms with Crippen LogP contribution in [0.25, 0.3) is 0 Å². The van der Waals surface area contributed by atoms with Crippen LogP contribution < -0.4 is 11.2 Å². The van der Waals surface area contributed by atoms with Crippen molar-refractivity contribution in [1.82, 2.24) is 9.55 Å². The molecule has 0 aliphatic carbocycles. The molecule has 0 saturated carbocycles. The van der Waals surface area contributed by atoms with Crippen molar-refractivity contribution in [2.45, 2.75) is 167 Å². The van der Waals surface area contributed by atoms with Crippen molar-refractivity contribution < 1.29 is 33.3 Å². The molecular weight excluding hydrogens is 571 g/mol. The fourth-order valence-corrected chi connectivity index (χ4v) is 5.50. The lowest BCUT2D eigenvalue weighted by Crippen LogP contribution is -2.40. The minimum Gasteiger partial charge on any atom is -0.463 e. The van der Waals surface area contributed by atoms with E-state index in [1.54, 1.807) is 0 Å². The predicted octanol–water partition coefficient (Wildman–Crippen LogP) is 6.23. The SMILES string of the molecule is CCCCCCCCCCCC(=O)OC[C@@H]1O[C@H](n2cc(F)c(=O)[nH]c2=O)C(O)C1OC(=O)CCCCCCCCCCC. The third kappa shape index (κ3) is 14.1. The number of aromatic nitrogens is 2. The highest BCUT2D eigenvalue weighted by Crippen LogP contribution is 2.31. The van der Waals surface area contributed by atoms with Crippen LogP contribution in [-0.2, 0) is 23.8 Å². The summed E-state index contributed by atoms with van der Waals surface area (Å²) in [4.78, 5) is 50.7. The van der Waals surface area contributed by atoms with Gasteiger partial charge in [0.05, 0.1) is 6.20 Å². The maximum absolute atomic E-state index is 14.0. The van der Waals surface area contributed by atoms with Crippen LogP contribution in [0.2, 0.25) is 0 Å². The first kappa shape index (κ1) is 37.7. The van der Waals surface area contributed by atoms with Crippen molar-refractivity contribution in [3.63, 3.8) is 0 Å². The average molecular weight is 627 g/mol. The Bertz CT molecular complexity index is 1070. The van der Waals surface area contributed by atoms with Crippen LogP contribution in [-0.4, -0.2) is 51.5 Å². The van der Waals surface area contributed by atoms with Crippen LogP contribution in [0, 0.1) is 5.82 Å². The molecule has 44 heavy (non-hydrogen) atoms.